The highest BCUT2D eigenvalue weighted by atomic mass is 16.7. The Labute approximate surface area is 190 Å². The molecule has 0 aliphatic carbocycles. The van der Waals surface area contributed by atoms with Crippen molar-refractivity contribution in [2.45, 2.75) is 12.5 Å². The summed E-state index contributed by atoms with van der Waals surface area (Å²) in [6, 6.07) is 21.2. The van der Waals surface area contributed by atoms with E-state index in [4.69, 9.17) is 14.2 Å². The van der Waals surface area contributed by atoms with E-state index in [0.29, 0.717) is 23.7 Å². The highest BCUT2D eigenvalue weighted by Gasteiger charge is 2.34. The maximum Gasteiger partial charge on any atom is 0.322 e. The fraction of sp³-hybridized carbons (Fsp3) is 0.192. The van der Waals surface area contributed by atoms with Gasteiger partial charge in [0.05, 0.1) is 13.2 Å². The van der Waals surface area contributed by atoms with Gasteiger partial charge in [-0.2, -0.15) is 0 Å². The average Bonchev–Trinajstić information content (AvgIpc) is 3.47. The summed E-state index contributed by atoms with van der Waals surface area (Å²) < 4.78 is 16.2. The summed E-state index contributed by atoms with van der Waals surface area (Å²) in [5.41, 5.74) is 5.08. The number of carbonyl (C=O) groups is 1. The van der Waals surface area contributed by atoms with Crippen molar-refractivity contribution in [2.75, 3.05) is 25.8 Å². The van der Waals surface area contributed by atoms with Crippen molar-refractivity contribution >= 4 is 22.6 Å². The first-order valence-electron chi connectivity index (χ1n) is 10.9. The molecule has 7 nitrogen and oxygen atoms in total. The zero-order valence-electron chi connectivity index (χ0n) is 18.1. The van der Waals surface area contributed by atoms with Crippen molar-refractivity contribution < 1.29 is 19.0 Å². The molecule has 3 heterocycles. The van der Waals surface area contributed by atoms with Crippen molar-refractivity contribution in [1.82, 2.24) is 9.88 Å². The number of nitrogens with one attached hydrogen (secondary N) is 2. The normalized spacial score (nSPS) is 16.5. The van der Waals surface area contributed by atoms with Gasteiger partial charge in [0.1, 0.15) is 5.75 Å². The van der Waals surface area contributed by atoms with Crippen LogP contribution in [-0.2, 0) is 6.42 Å². The highest BCUT2D eigenvalue weighted by Crippen LogP contribution is 2.39. The van der Waals surface area contributed by atoms with Crippen LogP contribution in [0, 0.1) is 0 Å². The Balaban J connectivity index is 1.38. The van der Waals surface area contributed by atoms with Crippen molar-refractivity contribution in [3.8, 4) is 17.2 Å². The third-order valence-electron chi connectivity index (χ3n) is 6.35. The van der Waals surface area contributed by atoms with Gasteiger partial charge in [0.15, 0.2) is 11.5 Å². The van der Waals surface area contributed by atoms with Gasteiger partial charge >= 0.3 is 6.03 Å². The van der Waals surface area contributed by atoms with E-state index >= 15 is 0 Å². The fourth-order valence-electron chi connectivity index (χ4n) is 4.76. The standard InChI is InChI=1S/C26H23N3O4/c1-31-18-9-6-16(7-10-18)25-24-20(19-4-2-3-5-21(19)28-24)12-13-29(25)26(30)27-17-8-11-22-23(14-17)33-15-32-22/h2-11,14,25,28H,12-13,15H2,1H3,(H,27,30). The minimum atomic E-state index is -0.249. The molecule has 6 rings (SSSR count). The van der Waals surface area contributed by atoms with E-state index in [1.165, 1.54) is 10.9 Å². The van der Waals surface area contributed by atoms with Gasteiger partial charge in [0.25, 0.3) is 0 Å². The topological polar surface area (TPSA) is 75.8 Å². The van der Waals surface area contributed by atoms with Crippen LogP contribution < -0.4 is 19.5 Å². The van der Waals surface area contributed by atoms with Gasteiger partial charge in [-0.1, -0.05) is 30.3 Å². The number of para-hydroxylation sites is 1. The smallest absolute Gasteiger partial charge is 0.322 e. The Kier molecular flexibility index (Phi) is 4.61. The molecule has 0 spiro atoms. The maximum atomic E-state index is 13.5. The average molecular weight is 441 g/mol. The van der Waals surface area contributed by atoms with Crippen LogP contribution in [0.5, 0.6) is 17.2 Å². The Hall–Kier alpha value is -4.13. The second kappa shape index (κ2) is 7.78. The number of aromatic nitrogens is 1. The van der Waals surface area contributed by atoms with E-state index in [2.05, 4.69) is 28.5 Å². The summed E-state index contributed by atoms with van der Waals surface area (Å²) >= 11 is 0. The predicted octanol–water partition coefficient (Wildman–Crippen LogP) is 5.08. The van der Waals surface area contributed by atoms with Crippen molar-refractivity contribution in [1.29, 1.82) is 0 Å². The number of benzene rings is 3. The van der Waals surface area contributed by atoms with E-state index in [9.17, 15) is 4.79 Å². The van der Waals surface area contributed by atoms with Crippen LogP contribution in [0.1, 0.15) is 22.9 Å². The van der Waals surface area contributed by atoms with Crippen LogP contribution in [0.15, 0.2) is 66.7 Å². The Morgan fingerprint density at radius 3 is 2.73 bits per heavy atom. The molecule has 0 saturated heterocycles. The molecule has 0 radical (unpaired) electrons. The second-order valence-corrected chi connectivity index (χ2v) is 8.18. The molecule has 0 bridgehead atoms. The molecular formula is C26H23N3O4. The van der Waals surface area contributed by atoms with Crippen molar-refractivity contribution in [3.05, 3.63) is 83.6 Å². The van der Waals surface area contributed by atoms with Crippen LogP contribution in [-0.4, -0.2) is 36.4 Å². The fourth-order valence-corrected chi connectivity index (χ4v) is 4.76. The number of hydrogen-bond acceptors (Lipinski definition) is 4. The Bertz CT molecular complexity index is 1350. The zero-order chi connectivity index (χ0) is 22.4. The van der Waals surface area contributed by atoms with Crippen molar-refractivity contribution in [2.24, 2.45) is 0 Å². The monoisotopic (exact) mass is 441 g/mol. The summed E-state index contributed by atoms with van der Waals surface area (Å²) in [4.78, 5) is 19.0. The number of rotatable bonds is 3. The molecule has 3 aromatic carbocycles. The van der Waals surface area contributed by atoms with Crippen LogP contribution in [0.4, 0.5) is 10.5 Å². The van der Waals surface area contributed by atoms with E-state index in [1.54, 1.807) is 13.2 Å². The molecule has 2 amide bonds. The highest BCUT2D eigenvalue weighted by molar-refractivity contribution is 5.92. The molecular weight excluding hydrogens is 418 g/mol. The first-order valence-corrected chi connectivity index (χ1v) is 10.9. The summed E-state index contributed by atoms with van der Waals surface area (Å²) in [6.07, 6.45) is 0.778. The molecule has 2 N–H and O–H groups in total. The minimum Gasteiger partial charge on any atom is -0.497 e. The largest absolute Gasteiger partial charge is 0.497 e. The lowest BCUT2D eigenvalue weighted by atomic mass is 9.92. The van der Waals surface area contributed by atoms with Crippen LogP contribution in [0.3, 0.4) is 0 Å². The number of carbonyl (C=O) groups excluding carboxylic acids is 1. The van der Waals surface area contributed by atoms with Gasteiger partial charge < -0.3 is 29.4 Å². The van der Waals surface area contributed by atoms with Gasteiger partial charge in [-0.3, -0.25) is 0 Å². The van der Waals surface area contributed by atoms with E-state index in [1.807, 2.05) is 47.4 Å². The lowest BCUT2D eigenvalue weighted by molar-refractivity contribution is 0.174. The lowest BCUT2D eigenvalue weighted by Gasteiger charge is -2.36. The molecule has 0 saturated carbocycles. The third kappa shape index (κ3) is 3.33. The summed E-state index contributed by atoms with van der Waals surface area (Å²) in [6.45, 7) is 0.795. The third-order valence-corrected chi connectivity index (χ3v) is 6.35. The van der Waals surface area contributed by atoms with E-state index in [0.717, 1.165) is 28.9 Å². The van der Waals surface area contributed by atoms with Crippen LogP contribution in [0.2, 0.25) is 0 Å². The number of methoxy groups -OCH3 is 1. The predicted molar refractivity (Wildman–Crippen MR) is 125 cm³/mol. The summed E-state index contributed by atoms with van der Waals surface area (Å²) in [5, 5.41) is 4.25. The summed E-state index contributed by atoms with van der Waals surface area (Å²) in [7, 11) is 1.65. The SMILES string of the molecule is COc1ccc(C2c3[nH]c4ccccc4c3CCN2C(=O)Nc2ccc3c(c2)OCO3)cc1. The van der Waals surface area contributed by atoms with Crippen LogP contribution in [0.25, 0.3) is 10.9 Å². The quantitative estimate of drug-likeness (QED) is 0.465. The Morgan fingerprint density at radius 2 is 1.88 bits per heavy atom. The number of H-pyrrole nitrogens is 1. The van der Waals surface area contributed by atoms with Gasteiger partial charge in [-0.25, -0.2) is 4.79 Å². The summed E-state index contributed by atoms with van der Waals surface area (Å²) in [5.74, 6) is 2.10. The van der Waals surface area contributed by atoms with Gasteiger partial charge in [-0.05, 0) is 47.9 Å². The molecule has 1 atom stereocenters. The number of urea groups is 1. The van der Waals surface area contributed by atoms with Gasteiger partial charge in [0, 0.05) is 34.9 Å². The first kappa shape index (κ1) is 19.5. The molecule has 33 heavy (non-hydrogen) atoms. The zero-order valence-corrected chi connectivity index (χ0v) is 18.1. The Morgan fingerprint density at radius 1 is 1.06 bits per heavy atom. The maximum absolute atomic E-state index is 13.5. The molecule has 0 fully saturated rings. The number of ether oxygens (including phenoxy) is 3. The number of nitrogens with zero attached hydrogens (tertiary/aromatic N) is 1. The molecule has 1 aromatic heterocycles. The van der Waals surface area contributed by atoms with E-state index in [-0.39, 0.29) is 18.9 Å². The number of fused-ring (bicyclic) bond motifs is 4. The number of aromatic amines is 1. The molecule has 2 aliphatic heterocycles. The minimum absolute atomic E-state index is 0.168. The van der Waals surface area contributed by atoms with Crippen LogP contribution >= 0.6 is 0 Å². The van der Waals surface area contributed by atoms with Gasteiger partial charge in [-0.15, -0.1) is 0 Å². The number of amides is 2. The van der Waals surface area contributed by atoms with Gasteiger partial charge in [0.2, 0.25) is 6.79 Å². The molecule has 7 heteroatoms. The lowest BCUT2D eigenvalue weighted by Crippen LogP contribution is -2.43. The molecule has 1 unspecified atom stereocenters. The molecule has 2 aliphatic rings. The molecule has 4 aromatic rings. The number of anilines is 1. The second-order valence-electron chi connectivity index (χ2n) is 8.18. The number of hydrogen-bond donors (Lipinski definition) is 2. The molecule has 166 valence electrons. The van der Waals surface area contributed by atoms with E-state index < -0.39 is 0 Å². The first-order chi connectivity index (χ1) is 16.2. The van der Waals surface area contributed by atoms with Crippen molar-refractivity contribution in [3.63, 3.8) is 0 Å².